The third-order valence-electron chi connectivity index (χ3n) is 5.98. The van der Waals surface area contributed by atoms with Gasteiger partial charge in [-0.25, -0.2) is 0 Å². The van der Waals surface area contributed by atoms with Gasteiger partial charge in [-0.05, 0) is 56.0 Å². The predicted molar refractivity (Wildman–Crippen MR) is 110 cm³/mol. The quantitative estimate of drug-likeness (QED) is 0.748. The number of nitrogens with zero attached hydrogens (tertiary/aromatic N) is 1. The zero-order valence-electron chi connectivity index (χ0n) is 15.8. The molecule has 2 aromatic carbocycles. The molecule has 0 aliphatic carbocycles. The van der Waals surface area contributed by atoms with E-state index in [2.05, 4.69) is 46.9 Å². The number of likely N-dealkylation sites (tertiary alicyclic amines) is 1. The van der Waals surface area contributed by atoms with Crippen LogP contribution in [0, 0.1) is 12.8 Å². The number of aryl methyl sites for hydroxylation is 1. The molecule has 3 atom stereocenters. The molecular formula is C22H28ClN3O. The lowest BCUT2D eigenvalue weighted by Crippen LogP contribution is -2.46. The zero-order valence-corrected chi connectivity index (χ0v) is 16.5. The summed E-state index contributed by atoms with van der Waals surface area (Å²) >= 11 is 6.12. The molecule has 3 unspecified atom stereocenters. The number of benzene rings is 2. The van der Waals surface area contributed by atoms with Crippen LogP contribution in [-0.4, -0.2) is 35.7 Å². The number of aromatic hydroxyl groups is 1. The summed E-state index contributed by atoms with van der Waals surface area (Å²) in [4.78, 5) is 2.45. The number of piperidine rings is 1. The van der Waals surface area contributed by atoms with Crippen LogP contribution in [-0.2, 0) is 6.54 Å². The number of hydrazine groups is 1. The van der Waals surface area contributed by atoms with Crippen LogP contribution in [0.5, 0.6) is 5.75 Å². The van der Waals surface area contributed by atoms with Crippen molar-refractivity contribution in [3.63, 3.8) is 0 Å². The van der Waals surface area contributed by atoms with E-state index in [1.165, 1.54) is 24.0 Å². The SMILES string of the molecule is Cc1cccc(C2CNNC2C2CCCN(Cc3cc(Cl)ccc3O)C2)c1. The van der Waals surface area contributed by atoms with E-state index >= 15 is 0 Å². The van der Waals surface area contributed by atoms with Crippen LogP contribution >= 0.6 is 11.6 Å². The summed E-state index contributed by atoms with van der Waals surface area (Å²) in [5.74, 6) is 1.41. The Labute approximate surface area is 166 Å². The second kappa shape index (κ2) is 8.19. The van der Waals surface area contributed by atoms with Gasteiger partial charge in [0.1, 0.15) is 5.75 Å². The van der Waals surface area contributed by atoms with Crippen LogP contribution in [0.1, 0.15) is 35.4 Å². The minimum atomic E-state index is 0.333. The highest BCUT2D eigenvalue weighted by Gasteiger charge is 2.36. The number of phenols is 1. The second-order valence-corrected chi connectivity index (χ2v) is 8.42. The maximum absolute atomic E-state index is 10.2. The molecule has 0 amide bonds. The van der Waals surface area contributed by atoms with Gasteiger partial charge in [-0.1, -0.05) is 41.4 Å². The summed E-state index contributed by atoms with van der Waals surface area (Å²) in [6.07, 6.45) is 2.42. The Hall–Kier alpha value is -1.59. The van der Waals surface area contributed by atoms with Crippen molar-refractivity contribution in [2.75, 3.05) is 19.6 Å². The molecule has 27 heavy (non-hydrogen) atoms. The summed E-state index contributed by atoms with van der Waals surface area (Å²) in [6.45, 7) is 5.98. The average molecular weight is 386 g/mol. The molecule has 0 spiro atoms. The van der Waals surface area contributed by atoms with Crippen LogP contribution in [0.3, 0.4) is 0 Å². The molecule has 2 fully saturated rings. The smallest absolute Gasteiger partial charge is 0.120 e. The maximum atomic E-state index is 10.2. The van der Waals surface area contributed by atoms with E-state index in [-0.39, 0.29) is 0 Å². The molecule has 2 heterocycles. The van der Waals surface area contributed by atoms with Gasteiger partial charge < -0.3 is 5.11 Å². The van der Waals surface area contributed by atoms with E-state index in [1.807, 2.05) is 6.07 Å². The van der Waals surface area contributed by atoms with Crippen molar-refractivity contribution in [3.05, 3.63) is 64.2 Å². The molecule has 2 aromatic rings. The molecule has 4 nitrogen and oxygen atoms in total. The first kappa shape index (κ1) is 18.8. The molecule has 0 saturated carbocycles. The Morgan fingerprint density at radius 1 is 1.22 bits per heavy atom. The fourth-order valence-corrected chi connectivity index (χ4v) is 4.83. The molecule has 0 radical (unpaired) electrons. The Kier molecular flexibility index (Phi) is 5.69. The van der Waals surface area contributed by atoms with Gasteiger partial charge in [-0.3, -0.25) is 15.8 Å². The third kappa shape index (κ3) is 4.30. The van der Waals surface area contributed by atoms with E-state index in [4.69, 9.17) is 11.6 Å². The third-order valence-corrected chi connectivity index (χ3v) is 6.21. The molecule has 5 heteroatoms. The molecule has 3 N–H and O–H groups in total. The summed E-state index contributed by atoms with van der Waals surface area (Å²) in [5, 5.41) is 10.8. The van der Waals surface area contributed by atoms with Gasteiger partial charge >= 0.3 is 0 Å². The van der Waals surface area contributed by atoms with Crippen molar-refractivity contribution in [1.82, 2.24) is 15.8 Å². The number of halogens is 1. The molecule has 2 aliphatic heterocycles. The number of rotatable bonds is 4. The van der Waals surface area contributed by atoms with E-state index in [9.17, 15) is 5.11 Å². The Bertz CT molecular complexity index is 797. The Morgan fingerprint density at radius 3 is 2.96 bits per heavy atom. The van der Waals surface area contributed by atoms with Crippen molar-refractivity contribution in [2.45, 2.75) is 38.3 Å². The maximum Gasteiger partial charge on any atom is 0.120 e. The molecule has 144 valence electrons. The molecule has 2 aliphatic rings. The monoisotopic (exact) mass is 385 g/mol. The lowest BCUT2D eigenvalue weighted by Gasteiger charge is -2.37. The van der Waals surface area contributed by atoms with Gasteiger partial charge in [-0.2, -0.15) is 0 Å². The van der Waals surface area contributed by atoms with Crippen LogP contribution in [0.4, 0.5) is 0 Å². The minimum Gasteiger partial charge on any atom is -0.508 e. The number of phenolic OH excluding ortho intramolecular Hbond substituents is 1. The zero-order chi connectivity index (χ0) is 18.8. The van der Waals surface area contributed by atoms with E-state index < -0.39 is 0 Å². The molecule has 2 saturated heterocycles. The summed E-state index contributed by atoms with van der Waals surface area (Å²) in [5.41, 5.74) is 10.6. The first-order valence-corrected chi connectivity index (χ1v) is 10.2. The summed E-state index contributed by atoms with van der Waals surface area (Å²) < 4.78 is 0. The van der Waals surface area contributed by atoms with Gasteiger partial charge in [0.2, 0.25) is 0 Å². The van der Waals surface area contributed by atoms with Crippen molar-refractivity contribution < 1.29 is 5.11 Å². The predicted octanol–water partition coefficient (Wildman–Crippen LogP) is 3.83. The minimum absolute atomic E-state index is 0.333. The van der Waals surface area contributed by atoms with E-state index in [1.54, 1.807) is 12.1 Å². The fraction of sp³-hybridized carbons (Fsp3) is 0.455. The van der Waals surface area contributed by atoms with Crippen LogP contribution in [0.2, 0.25) is 5.02 Å². The molecule has 4 rings (SSSR count). The number of hydrogen-bond acceptors (Lipinski definition) is 4. The van der Waals surface area contributed by atoms with Crippen molar-refractivity contribution >= 4 is 11.6 Å². The second-order valence-electron chi connectivity index (χ2n) is 7.98. The van der Waals surface area contributed by atoms with Gasteiger partial charge in [0.05, 0.1) is 0 Å². The number of nitrogens with one attached hydrogen (secondary N) is 2. The standard InChI is InChI=1S/C22H28ClN3O/c1-15-4-2-5-16(10-15)20-12-24-25-22(20)17-6-3-9-26(13-17)14-18-11-19(23)7-8-21(18)27/h2,4-5,7-8,10-11,17,20,22,24-25,27H,3,6,9,12-14H2,1H3. The largest absolute Gasteiger partial charge is 0.508 e. The molecular weight excluding hydrogens is 358 g/mol. The van der Waals surface area contributed by atoms with Crippen LogP contribution in [0.25, 0.3) is 0 Å². The van der Waals surface area contributed by atoms with E-state index in [0.29, 0.717) is 28.6 Å². The topological polar surface area (TPSA) is 47.5 Å². The lowest BCUT2D eigenvalue weighted by atomic mass is 9.81. The van der Waals surface area contributed by atoms with E-state index in [0.717, 1.165) is 31.7 Å². The lowest BCUT2D eigenvalue weighted by molar-refractivity contribution is 0.138. The molecule has 0 bridgehead atoms. The van der Waals surface area contributed by atoms with Crippen LogP contribution < -0.4 is 10.9 Å². The van der Waals surface area contributed by atoms with Crippen LogP contribution in [0.15, 0.2) is 42.5 Å². The van der Waals surface area contributed by atoms with Gasteiger partial charge in [0.15, 0.2) is 0 Å². The highest BCUT2D eigenvalue weighted by molar-refractivity contribution is 6.30. The van der Waals surface area contributed by atoms with Crippen molar-refractivity contribution in [2.24, 2.45) is 5.92 Å². The van der Waals surface area contributed by atoms with Crippen molar-refractivity contribution in [3.8, 4) is 5.75 Å². The highest BCUT2D eigenvalue weighted by Crippen LogP contribution is 2.33. The molecule has 0 aromatic heterocycles. The first-order valence-electron chi connectivity index (χ1n) is 9.85. The first-order chi connectivity index (χ1) is 13.1. The normalized spacial score (nSPS) is 26.4. The Morgan fingerprint density at radius 2 is 2.11 bits per heavy atom. The average Bonchev–Trinajstić information content (AvgIpc) is 3.15. The van der Waals surface area contributed by atoms with Gasteiger partial charge in [0, 0.05) is 42.2 Å². The van der Waals surface area contributed by atoms with Gasteiger partial charge in [-0.15, -0.1) is 0 Å². The highest BCUT2D eigenvalue weighted by atomic mass is 35.5. The number of hydrogen-bond donors (Lipinski definition) is 3. The Balaban J connectivity index is 1.46. The fourth-order valence-electron chi connectivity index (χ4n) is 4.64. The summed E-state index contributed by atoms with van der Waals surface area (Å²) in [7, 11) is 0. The van der Waals surface area contributed by atoms with Gasteiger partial charge in [0.25, 0.3) is 0 Å². The van der Waals surface area contributed by atoms with Crippen molar-refractivity contribution in [1.29, 1.82) is 0 Å². The summed E-state index contributed by atoms with van der Waals surface area (Å²) in [6, 6.07) is 14.6.